The summed E-state index contributed by atoms with van der Waals surface area (Å²) >= 11 is 0. The molecule has 26 heavy (non-hydrogen) atoms. The van der Waals surface area contributed by atoms with Crippen LogP contribution in [-0.4, -0.2) is 85.4 Å². The van der Waals surface area contributed by atoms with Crippen molar-refractivity contribution in [1.82, 2.24) is 14.8 Å². The molecule has 7 heteroatoms. The lowest BCUT2D eigenvalue weighted by molar-refractivity contribution is -0.150. The molecule has 1 amide bonds. The summed E-state index contributed by atoms with van der Waals surface area (Å²) in [6.07, 6.45) is 3.33. The van der Waals surface area contributed by atoms with Crippen molar-refractivity contribution >= 4 is 11.7 Å². The molecule has 0 spiro atoms. The van der Waals surface area contributed by atoms with Gasteiger partial charge >= 0.3 is 0 Å². The summed E-state index contributed by atoms with van der Waals surface area (Å²) in [5, 5.41) is 11.0. The number of hydrogen-bond acceptors (Lipinski definition) is 6. The number of piperidine rings is 2. The Bertz CT molecular complexity index is 622. The van der Waals surface area contributed by atoms with Crippen molar-refractivity contribution in [2.45, 2.75) is 25.0 Å². The molecule has 3 rings (SSSR count). The molecule has 2 fully saturated rings. The third-order valence-electron chi connectivity index (χ3n) is 5.65. The third-order valence-corrected chi connectivity index (χ3v) is 5.65. The lowest BCUT2D eigenvalue weighted by Crippen LogP contribution is -2.60. The van der Waals surface area contributed by atoms with Gasteiger partial charge in [-0.2, -0.15) is 0 Å². The fraction of sp³-hybridized carbons (Fsp3) is 0.684. The van der Waals surface area contributed by atoms with Crippen molar-refractivity contribution < 1.29 is 14.6 Å². The minimum absolute atomic E-state index is 0.00940. The second-order valence-electron chi connectivity index (χ2n) is 7.73. The second kappa shape index (κ2) is 7.90. The topological polar surface area (TPSA) is 69.1 Å². The Morgan fingerprint density at radius 2 is 2.12 bits per heavy atom. The molecule has 1 N–H and O–H groups in total. The first-order valence-corrected chi connectivity index (χ1v) is 9.25. The molecule has 3 heterocycles. The number of carbonyl (C=O) groups excluding carboxylic acids is 1. The number of carbonyl (C=O) groups is 1. The van der Waals surface area contributed by atoms with Crippen molar-refractivity contribution in [2.75, 3.05) is 58.9 Å². The van der Waals surface area contributed by atoms with E-state index in [2.05, 4.69) is 16.0 Å². The van der Waals surface area contributed by atoms with Gasteiger partial charge in [0.05, 0.1) is 5.60 Å². The first-order chi connectivity index (χ1) is 12.4. The summed E-state index contributed by atoms with van der Waals surface area (Å²) in [5.41, 5.74) is 0.525. The van der Waals surface area contributed by atoms with E-state index < -0.39 is 5.60 Å². The van der Waals surface area contributed by atoms with Crippen LogP contribution in [0.1, 0.15) is 18.4 Å². The van der Waals surface area contributed by atoms with E-state index in [-0.39, 0.29) is 18.4 Å². The molecule has 1 aromatic heterocycles. The quantitative estimate of drug-likeness (QED) is 0.826. The molecular weight excluding hydrogens is 332 g/mol. The zero-order valence-electron chi connectivity index (χ0n) is 16.0. The van der Waals surface area contributed by atoms with Crippen LogP contribution in [0, 0.1) is 5.92 Å². The SMILES string of the molecule is COCC(=O)N1CC[C@]2(O)CCN(Cc3ccc(N(C)C)nc3)C[C@@H]2C1. The predicted octanol–water partition coefficient (Wildman–Crippen LogP) is 0.579. The van der Waals surface area contributed by atoms with Gasteiger partial charge in [0, 0.05) is 66.0 Å². The van der Waals surface area contributed by atoms with Gasteiger partial charge in [0.1, 0.15) is 12.4 Å². The smallest absolute Gasteiger partial charge is 0.248 e. The molecule has 0 aromatic carbocycles. The molecule has 2 atom stereocenters. The summed E-state index contributed by atoms with van der Waals surface area (Å²) in [4.78, 5) is 22.8. The van der Waals surface area contributed by atoms with Gasteiger partial charge in [0.15, 0.2) is 0 Å². The van der Waals surface area contributed by atoms with Gasteiger partial charge in [-0.25, -0.2) is 4.98 Å². The standard InChI is InChI=1S/C19H30N4O3/c1-21(2)17-5-4-15(10-20-17)11-22-8-6-19(25)7-9-23(13-16(19)12-22)18(24)14-26-3/h4-5,10,16,25H,6-9,11-14H2,1-3H3/t16-,19-/m1/s1. The van der Waals surface area contributed by atoms with E-state index in [1.54, 1.807) is 0 Å². The van der Waals surface area contributed by atoms with Gasteiger partial charge in [-0.3, -0.25) is 9.69 Å². The van der Waals surface area contributed by atoms with Crippen molar-refractivity contribution in [1.29, 1.82) is 0 Å². The van der Waals surface area contributed by atoms with Gasteiger partial charge in [-0.15, -0.1) is 0 Å². The number of hydrogen-bond donors (Lipinski definition) is 1. The van der Waals surface area contributed by atoms with Crippen LogP contribution in [0.4, 0.5) is 5.82 Å². The Morgan fingerprint density at radius 1 is 1.35 bits per heavy atom. The van der Waals surface area contributed by atoms with Crippen LogP contribution in [0.5, 0.6) is 0 Å². The van der Waals surface area contributed by atoms with E-state index in [0.29, 0.717) is 19.5 Å². The molecule has 0 unspecified atom stereocenters. The number of pyridine rings is 1. The van der Waals surface area contributed by atoms with Crippen LogP contribution < -0.4 is 4.90 Å². The zero-order valence-corrected chi connectivity index (χ0v) is 16.0. The summed E-state index contributed by atoms with van der Waals surface area (Å²) in [5.74, 6) is 1.04. The molecule has 2 aliphatic rings. The van der Waals surface area contributed by atoms with Crippen LogP contribution in [0.15, 0.2) is 18.3 Å². The molecule has 0 bridgehead atoms. The number of anilines is 1. The Hall–Kier alpha value is -1.70. The lowest BCUT2D eigenvalue weighted by atomic mass is 9.75. The molecule has 144 valence electrons. The number of ether oxygens (including phenoxy) is 1. The second-order valence-corrected chi connectivity index (χ2v) is 7.73. The number of likely N-dealkylation sites (tertiary alicyclic amines) is 2. The van der Waals surface area contributed by atoms with Gasteiger partial charge in [-0.05, 0) is 24.5 Å². The lowest BCUT2D eigenvalue weighted by Gasteiger charge is -2.50. The molecule has 0 radical (unpaired) electrons. The van der Waals surface area contributed by atoms with Crippen molar-refractivity contribution in [2.24, 2.45) is 5.92 Å². The minimum Gasteiger partial charge on any atom is -0.389 e. The highest BCUT2D eigenvalue weighted by Gasteiger charge is 2.45. The molecule has 0 aliphatic carbocycles. The number of fused-ring (bicyclic) bond motifs is 1. The fourth-order valence-electron chi connectivity index (χ4n) is 3.99. The Morgan fingerprint density at radius 3 is 2.77 bits per heavy atom. The van der Waals surface area contributed by atoms with E-state index in [4.69, 9.17) is 4.74 Å². The number of rotatable bonds is 5. The maximum atomic E-state index is 12.1. The van der Waals surface area contributed by atoms with Crippen LogP contribution in [0.3, 0.4) is 0 Å². The monoisotopic (exact) mass is 362 g/mol. The highest BCUT2D eigenvalue weighted by molar-refractivity contribution is 5.77. The van der Waals surface area contributed by atoms with Crippen LogP contribution >= 0.6 is 0 Å². The molecule has 1 aromatic rings. The van der Waals surface area contributed by atoms with E-state index >= 15 is 0 Å². The Kier molecular flexibility index (Phi) is 5.79. The van der Waals surface area contributed by atoms with E-state index in [9.17, 15) is 9.90 Å². The predicted molar refractivity (Wildman–Crippen MR) is 100.0 cm³/mol. The molecule has 2 aliphatic heterocycles. The maximum absolute atomic E-state index is 12.1. The first kappa shape index (κ1) is 19.1. The van der Waals surface area contributed by atoms with Crippen molar-refractivity contribution in [3.63, 3.8) is 0 Å². The van der Waals surface area contributed by atoms with E-state index in [0.717, 1.165) is 31.9 Å². The summed E-state index contributed by atoms with van der Waals surface area (Å²) in [6, 6.07) is 4.14. The average molecular weight is 362 g/mol. The van der Waals surface area contributed by atoms with E-state index in [1.807, 2.05) is 36.2 Å². The number of aromatic nitrogens is 1. The molecule has 2 saturated heterocycles. The van der Waals surface area contributed by atoms with Gasteiger partial charge in [0.25, 0.3) is 0 Å². The van der Waals surface area contributed by atoms with Gasteiger partial charge in [0.2, 0.25) is 5.91 Å². The number of amides is 1. The summed E-state index contributed by atoms with van der Waals surface area (Å²) in [6.45, 7) is 3.81. The van der Waals surface area contributed by atoms with Crippen LogP contribution in [-0.2, 0) is 16.1 Å². The van der Waals surface area contributed by atoms with Crippen LogP contribution in [0.25, 0.3) is 0 Å². The third kappa shape index (κ3) is 4.16. The molecular formula is C19H30N4O3. The summed E-state index contributed by atoms with van der Waals surface area (Å²) < 4.78 is 4.97. The highest BCUT2D eigenvalue weighted by atomic mass is 16.5. The normalized spacial score (nSPS) is 26.5. The fourth-order valence-corrected chi connectivity index (χ4v) is 3.99. The first-order valence-electron chi connectivity index (χ1n) is 9.25. The zero-order chi connectivity index (χ0) is 18.7. The van der Waals surface area contributed by atoms with Crippen molar-refractivity contribution in [3.8, 4) is 0 Å². The molecule has 0 saturated carbocycles. The Labute approximate surface area is 155 Å². The van der Waals surface area contributed by atoms with Crippen LogP contribution in [0.2, 0.25) is 0 Å². The van der Waals surface area contributed by atoms with Crippen molar-refractivity contribution in [3.05, 3.63) is 23.9 Å². The Balaban J connectivity index is 1.61. The van der Waals surface area contributed by atoms with Gasteiger partial charge < -0.3 is 19.6 Å². The number of nitrogens with zero attached hydrogens (tertiary/aromatic N) is 4. The van der Waals surface area contributed by atoms with Gasteiger partial charge in [-0.1, -0.05) is 6.07 Å². The largest absolute Gasteiger partial charge is 0.389 e. The summed E-state index contributed by atoms with van der Waals surface area (Å²) in [7, 11) is 5.50. The number of aliphatic hydroxyl groups is 1. The number of methoxy groups -OCH3 is 1. The van der Waals surface area contributed by atoms with E-state index in [1.165, 1.54) is 12.7 Å². The molecule has 7 nitrogen and oxygen atoms in total. The highest BCUT2D eigenvalue weighted by Crippen LogP contribution is 2.36. The average Bonchev–Trinajstić information content (AvgIpc) is 2.62. The maximum Gasteiger partial charge on any atom is 0.248 e. The minimum atomic E-state index is -0.645.